The van der Waals surface area contributed by atoms with E-state index >= 15 is 0 Å². The normalized spacial score (nSPS) is 15.0. The van der Waals surface area contributed by atoms with Crippen molar-refractivity contribution in [2.45, 2.75) is 25.9 Å². The number of ether oxygens (including phenoxy) is 1. The van der Waals surface area contributed by atoms with Gasteiger partial charge in [0.25, 0.3) is 11.6 Å². The number of hydrogen-bond donors (Lipinski definition) is 2. The van der Waals surface area contributed by atoms with Crippen LogP contribution >= 0.6 is 0 Å². The van der Waals surface area contributed by atoms with Crippen molar-refractivity contribution in [3.63, 3.8) is 0 Å². The van der Waals surface area contributed by atoms with Crippen LogP contribution in [-0.4, -0.2) is 33.7 Å². The Labute approximate surface area is 138 Å². The molecule has 1 amide bonds. The van der Waals surface area contributed by atoms with Gasteiger partial charge in [-0.25, -0.2) is 0 Å². The quantitative estimate of drug-likeness (QED) is 0.599. The minimum Gasteiger partial charge on any atom is -0.368 e. The molecule has 8 nitrogen and oxygen atoms in total. The van der Waals surface area contributed by atoms with Crippen molar-refractivity contribution in [1.82, 2.24) is 10.2 Å². The van der Waals surface area contributed by atoms with Gasteiger partial charge < -0.3 is 10.1 Å². The van der Waals surface area contributed by atoms with Crippen molar-refractivity contribution in [3.8, 4) is 11.3 Å². The molecule has 3 rings (SSSR count). The highest BCUT2D eigenvalue weighted by atomic mass is 16.6. The number of aromatic nitrogens is 2. The lowest BCUT2D eigenvalue weighted by Crippen LogP contribution is -2.28. The van der Waals surface area contributed by atoms with Gasteiger partial charge in [-0.15, -0.1) is 0 Å². The number of benzene rings is 1. The number of nitrogens with one attached hydrogen (secondary N) is 2. The predicted molar refractivity (Wildman–Crippen MR) is 87.4 cm³/mol. The lowest BCUT2D eigenvalue weighted by Gasteiger charge is -2.11. The minimum absolute atomic E-state index is 0.00483. The molecule has 0 aliphatic heterocycles. The number of H-pyrrole nitrogens is 1. The summed E-state index contributed by atoms with van der Waals surface area (Å²) in [7, 11) is 0. The zero-order valence-corrected chi connectivity index (χ0v) is 13.2. The van der Waals surface area contributed by atoms with Gasteiger partial charge in [-0.1, -0.05) is 12.1 Å². The number of nitro groups is 1. The van der Waals surface area contributed by atoms with Crippen LogP contribution in [0.1, 0.15) is 19.8 Å². The van der Waals surface area contributed by atoms with Crippen LogP contribution in [0.3, 0.4) is 0 Å². The van der Waals surface area contributed by atoms with E-state index in [0.29, 0.717) is 29.6 Å². The summed E-state index contributed by atoms with van der Waals surface area (Å²) in [4.78, 5) is 22.4. The first-order valence-electron chi connectivity index (χ1n) is 7.75. The van der Waals surface area contributed by atoms with Gasteiger partial charge in [0.2, 0.25) is 0 Å². The molecule has 0 radical (unpaired) electrons. The maximum absolute atomic E-state index is 12.1. The average molecular weight is 330 g/mol. The SMILES string of the molecule is CC(OCC1CC1)C(=O)Nc1cc(-c2cccc([N+](=O)[O-])c2)[nH]n1. The molecule has 0 bridgehead atoms. The fourth-order valence-corrected chi connectivity index (χ4v) is 2.19. The smallest absolute Gasteiger partial charge is 0.270 e. The fourth-order valence-electron chi connectivity index (χ4n) is 2.19. The van der Waals surface area contributed by atoms with E-state index < -0.39 is 11.0 Å². The van der Waals surface area contributed by atoms with Gasteiger partial charge in [-0.3, -0.25) is 20.0 Å². The molecule has 1 aromatic carbocycles. The van der Waals surface area contributed by atoms with Crippen molar-refractivity contribution < 1.29 is 14.5 Å². The summed E-state index contributed by atoms with van der Waals surface area (Å²) in [5.41, 5.74) is 1.20. The molecule has 126 valence electrons. The van der Waals surface area contributed by atoms with Crippen LogP contribution in [0.2, 0.25) is 0 Å². The second kappa shape index (κ2) is 6.79. The summed E-state index contributed by atoms with van der Waals surface area (Å²) in [6.07, 6.45) is 1.78. The Morgan fingerprint density at radius 2 is 2.29 bits per heavy atom. The lowest BCUT2D eigenvalue weighted by atomic mass is 10.1. The first-order valence-corrected chi connectivity index (χ1v) is 7.75. The van der Waals surface area contributed by atoms with E-state index in [4.69, 9.17) is 4.74 Å². The van der Waals surface area contributed by atoms with Gasteiger partial charge in [0.1, 0.15) is 6.10 Å². The average Bonchev–Trinajstić information content (AvgIpc) is 3.30. The highest BCUT2D eigenvalue weighted by Crippen LogP contribution is 2.29. The maximum Gasteiger partial charge on any atom is 0.270 e. The summed E-state index contributed by atoms with van der Waals surface area (Å²) in [6.45, 7) is 2.31. The van der Waals surface area contributed by atoms with E-state index in [0.717, 1.165) is 0 Å². The molecule has 1 saturated carbocycles. The number of non-ortho nitro benzene ring substituents is 1. The molecule has 0 spiro atoms. The van der Waals surface area contributed by atoms with Crippen molar-refractivity contribution in [2.75, 3.05) is 11.9 Å². The Morgan fingerprint density at radius 3 is 3.00 bits per heavy atom. The Morgan fingerprint density at radius 1 is 1.50 bits per heavy atom. The Balaban J connectivity index is 1.63. The van der Waals surface area contributed by atoms with Gasteiger partial charge in [0.15, 0.2) is 5.82 Å². The molecule has 2 aromatic rings. The fraction of sp³-hybridized carbons (Fsp3) is 0.375. The zero-order valence-electron chi connectivity index (χ0n) is 13.2. The van der Waals surface area contributed by atoms with Gasteiger partial charge in [-0.05, 0) is 25.7 Å². The van der Waals surface area contributed by atoms with Gasteiger partial charge in [0.05, 0.1) is 17.2 Å². The van der Waals surface area contributed by atoms with E-state index in [9.17, 15) is 14.9 Å². The minimum atomic E-state index is -0.552. The highest BCUT2D eigenvalue weighted by molar-refractivity contribution is 5.93. The van der Waals surface area contributed by atoms with Crippen LogP contribution in [0, 0.1) is 16.0 Å². The number of rotatable bonds is 7. The molecule has 1 atom stereocenters. The zero-order chi connectivity index (χ0) is 17.1. The first-order chi connectivity index (χ1) is 11.5. The van der Waals surface area contributed by atoms with Crippen molar-refractivity contribution in [2.24, 2.45) is 5.92 Å². The van der Waals surface area contributed by atoms with E-state index in [1.54, 1.807) is 25.1 Å². The Hall–Kier alpha value is -2.74. The molecule has 24 heavy (non-hydrogen) atoms. The van der Waals surface area contributed by atoms with Crippen LogP contribution in [-0.2, 0) is 9.53 Å². The molecule has 1 heterocycles. The van der Waals surface area contributed by atoms with Gasteiger partial charge in [-0.2, -0.15) is 5.10 Å². The Bertz CT molecular complexity index is 754. The molecule has 1 fully saturated rings. The number of amides is 1. The molecular weight excluding hydrogens is 312 g/mol. The van der Waals surface area contributed by atoms with Crippen LogP contribution in [0.15, 0.2) is 30.3 Å². The van der Waals surface area contributed by atoms with E-state index in [2.05, 4.69) is 15.5 Å². The number of anilines is 1. The molecule has 2 N–H and O–H groups in total. The second-order valence-corrected chi connectivity index (χ2v) is 5.88. The summed E-state index contributed by atoms with van der Waals surface area (Å²) in [6, 6.07) is 7.82. The van der Waals surface area contributed by atoms with Crippen LogP contribution in [0.4, 0.5) is 11.5 Å². The summed E-state index contributed by atoms with van der Waals surface area (Å²) in [5, 5.41) is 20.3. The van der Waals surface area contributed by atoms with Crippen LogP contribution in [0.25, 0.3) is 11.3 Å². The molecule has 0 saturated heterocycles. The largest absolute Gasteiger partial charge is 0.368 e. The van der Waals surface area contributed by atoms with Gasteiger partial charge >= 0.3 is 0 Å². The third-order valence-electron chi connectivity index (χ3n) is 3.85. The summed E-state index contributed by atoms with van der Waals surface area (Å²) >= 11 is 0. The molecule has 1 unspecified atom stereocenters. The van der Waals surface area contributed by atoms with Gasteiger partial charge in [0, 0.05) is 23.8 Å². The Kier molecular flexibility index (Phi) is 4.57. The van der Waals surface area contributed by atoms with E-state index in [1.165, 1.54) is 25.0 Å². The molecular formula is C16H18N4O4. The summed E-state index contributed by atoms with van der Waals surface area (Å²) in [5.74, 6) is 0.669. The monoisotopic (exact) mass is 330 g/mol. The molecule has 8 heteroatoms. The van der Waals surface area contributed by atoms with Crippen LogP contribution < -0.4 is 5.32 Å². The lowest BCUT2D eigenvalue weighted by molar-refractivity contribution is -0.384. The standard InChI is InChI=1S/C16H18N4O4/c1-10(24-9-11-5-6-11)16(21)17-15-8-14(18-19-15)12-3-2-4-13(7-12)20(22)23/h2-4,7-8,10-11H,5-6,9H2,1H3,(H2,17,18,19,21). The number of carbonyl (C=O) groups is 1. The summed E-state index contributed by atoms with van der Waals surface area (Å²) < 4.78 is 5.51. The van der Waals surface area contributed by atoms with Crippen molar-refractivity contribution >= 4 is 17.4 Å². The molecule has 1 aliphatic carbocycles. The third kappa shape index (κ3) is 3.96. The first kappa shape index (κ1) is 16.1. The predicted octanol–water partition coefficient (Wildman–Crippen LogP) is 2.74. The van der Waals surface area contributed by atoms with E-state index in [1.807, 2.05) is 0 Å². The number of aromatic amines is 1. The van der Waals surface area contributed by atoms with E-state index in [-0.39, 0.29) is 11.6 Å². The number of nitro benzene ring substituents is 1. The topological polar surface area (TPSA) is 110 Å². The number of hydrogen-bond acceptors (Lipinski definition) is 5. The van der Waals surface area contributed by atoms with Crippen LogP contribution in [0.5, 0.6) is 0 Å². The molecule has 1 aromatic heterocycles. The highest BCUT2D eigenvalue weighted by Gasteiger charge is 2.24. The van der Waals surface area contributed by atoms with Crippen molar-refractivity contribution in [3.05, 3.63) is 40.4 Å². The second-order valence-electron chi connectivity index (χ2n) is 5.88. The molecule has 1 aliphatic rings. The maximum atomic E-state index is 12.1. The number of carbonyl (C=O) groups excluding carboxylic acids is 1. The van der Waals surface area contributed by atoms with Crippen molar-refractivity contribution in [1.29, 1.82) is 0 Å². The number of nitrogens with zero attached hydrogens (tertiary/aromatic N) is 2. The third-order valence-corrected chi connectivity index (χ3v) is 3.85.